The van der Waals surface area contributed by atoms with Crippen LogP contribution in [-0.2, 0) is 0 Å². The van der Waals surface area contributed by atoms with Gasteiger partial charge in [-0.1, -0.05) is 45.3 Å². The molecule has 0 aliphatic carbocycles. The van der Waals surface area contributed by atoms with Crippen LogP contribution < -0.4 is 0 Å². The standard InChI is InChI=1S/C14H28/c1-7-8-9-12(4)14(6)10-13(5)11(2)3/h11,13H,7-10H2,1-6H3. The van der Waals surface area contributed by atoms with Gasteiger partial charge in [0.15, 0.2) is 0 Å². The van der Waals surface area contributed by atoms with Crippen molar-refractivity contribution in [3.8, 4) is 0 Å². The van der Waals surface area contributed by atoms with Crippen molar-refractivity contribution in [2.45, 2.75) is 67.2 Å². The molecule has 0 fully saturated rings. The molecule has 0 aliphatic heterocycles. The zero-order valence-electron chi connectivity index (χ0n) is 11.0. The number of hydrogen-bond donors (Lipinski definition) is 0. The fourth-order valence-corrected chi connectivity index (χ4v) is 1.55. The molecule has 84 valence electrons. The molecule has 0 nitrogen and oxygen atoms in total. The molecule has 0 heterocycles. The largest absolute Gasteiger partial charge is 0.0744 e. The number of allylic oxidation sites excluding steroid dienone is 2. The van der Waals surface area contributed by atoms with Crippen LogP contribution in [0.5, 0.6) is 0 Å². The summed E-state index contributed by atoms with van der Waals surface area (Å²) < 4.78 is 0. The van der Waals surface area contributed by atoms with E-state index in [9.17, 15) is 0 Å². The SMILES string of the molecule is CCCCC(C)=C(C)CC(C)C(C)C. The molecule has 1 atom stereocenters. The predicted molar refractivity (Wildman–Crippen MR) is 66.5 cm³/mol. The summed E-state index contributed by atoms with van der Waals surface area (Å²) in [7, 11) is 0. The molecule has 0 saturated carbocycles. The molecule has 0 aliphatic rings. The van der Waals surface area contributed by atoms with Crippen molar-refractivity contribution in [2.24, 2.45) is 11.8 Å². The van der Waals surface area contributed by atoms with E-state index >= 15 is 0 Å². The Kier molecular flexibility index (Phi) is 6.96. The van der Waals surface area contributed by atoms with Crippen molar-refractivity contribution in [2.75, 3.05) is 0 Å². The van der Waals surface area contributed by atoms with Crippen LogP contribution in [0, 0.1) is 11.8 Å². The summed E-state index contributed by atoms with van der Waals surface area (Å²) in [6, 6.07) is 0. The summed E-state index contributed by atoms with van der Waals surface area (Å²) >= 11 is 0. The summed E-state index contributed by atoms with van der Waals surface area (Å²) in [5, 5.41) is 0. The van der Waals surface area contributed by atoms with E-state index in [0.717, 1.165) is 11.8 Å². The fourth-order valence-electron chi connectivity index (χ4n) is 1.55. The van der Waals surface area contributed by atoms with Gasteiger partial charge in [0.2, 0.25) is 0 Å². The molecular weight excluding hydrogens is 168 g/mol. The highest BCUT2D eigenvalue weighted by atomic mass is 14.1. The van der Waals surface area contributed by atoms with Gasteiger partial charge >= 0.3 is 0 Å². The maximum absolute atomic E-state index is 2.36. The maximum atomic E-state index is 2.36. The molecule has 1 unspecified atom stereocenters. The van der Waals surface area contributed by atoms with Crippen molar-refractivity contribution < 1.29 is 0 Å². The van der Waals surface area contributed by atoms with Crippen molar-refractivity contribution in [1.29, 1.82) is 0 Å². The Morgan fingerprint density at radius 1 is 1.00 bits per heavy atom. The summed E-state index contributed by atoms with van der Waals surface area (Å²) in [6.45, 7) is 13.9. The molecule has 0 saturated heterocycles. The lowest BCUT2D eigenvalue weighted by Gasteiger charge is -2.17. The average Bonchev–Trinajstić information content (AvgIpc) is 2.13. The minimum Gasteiger partial charge on any atom is -0.0744 e. The van der Waals surface area contributed by atoms with Gasteiger partial charge in [-0.15, -0.1) is 0 Å². The van der Waals surface area contributed by atoms with Crippen LogP contribution >= 0.6 is 0 Å². The highest BCUT2D eigenvalue weighted by Gasteiger charge is 2.08. The van der Waals surface area contributed by atoms with Crippen LogP contribution in [-0.4, -0.2) is 0 Å². The molecule has 0 bridgehead atoms. The Balaban J connectivity index is 4.08. The van der Waals surface area contributed by atoms with Crippen molar-refractivity contribution in [3.05, 3.63) is 11.1 Å². The Hall–Kier alpha value is -0.260. The van der Waals surface area contributed by atoms with Gasteiger partial charge in [0, 0.05) is 0 Å². The third kappa shape index (κ3) is 5.47. The molecule has 0 spiro atoms. The summed E-state index contributed by atoms with van der Waals surface area (Å²) in [5.41, 5.74) is 3.25. The van der Waals surface area contributed by atoms with Crippen LogP contribution in [0.25, 0.3) is 0 Å². The zero-order chi connectivity index (χ0) is 11.1. The van der Waals surface area contributed by atoms with Gasteiger partial charge in [-0.2, -0.15) is 0 Å². The lowest BCUT2D eigenvalue weighted by molar-refractivity contribution is 0.414. The van der Waals surface area contributed by atoms with Gasteiger partial charge in [0.05, 0.1) is 0 Å². The molecule has 0 rings (SSSR count). The monoisotopic (exact) mass is 196 g/mol. The van der Waals surface area contributed by atoms with Crippen molar-refractivity contribution >= 4 is 0 Å². The molecule has 0 aromatic heterocycles. The summed E-state index contributed by atoms with van der Waals surface area (Å²) in [4.78, 5) is 0. The highest BCUT2D eigenvalue weighted by Crippen LogP contribution is 2.23. The van der Waals surface area contributed by atoms with E-state index < -0.39 is 0 Å². The van der Waals surface area contributed by atoms with E-state index in [1.165, 1.54) is 25.7 Å². The molecule has 0 aromatic carbocycles. The van der Waals surface area contributed by atoms with Crippen LogP contribution in [0.2, 0.25) is 0 Å². The number of hydrogen-bond acceptors (Lipinski definition) is 0. The summed E-state index contributed by atoms with van der Waals surface area (Å²) in [6.07, 6.45) is 5.24. The van der Waals surface area contributed by atoms with E-state index in [-0.39, 0.29) is 0 Å². The second-order valence-electron chi connectivity index (χ2n) is 5.09. The first kappa shape index (κ1) is 13.7. The van der Waals surface area contributed by atoms with Crippen molar-refractivity contribution in [1.82, 2.24) is 0 Å². The Labute approximate surface area is 90.8 Å². The van der Waals surface area contributed by atoms with Crippen LogP contribution in [0.1, 0.15) is 67.2 Å². The molecule has 0 radical (unpaired) electrons. The van der Waals surface area contributed by atoms with E-state index in [0.29, 0.717) is 0 Å². The molecule has 14 heavy (non-hydrogen) atoms. The van der Waals surface area contributed by atoms with E-state index in [1.54, 1.807) is 11.1 Å². The molecule has 0 heteroatoms. The second kappa shape index (κ2) is 7.09. The predicted octanol–water partition coefficient (Wildman–Crippen LogP) is 5.20. The minimum absolute atomic E-state index is 0.809. The van der Waals surface area contributed by atoms with Gasteiger partial charge in [0.1, 0.15) is 0 Å². The third-order valence-corrected chi connectivity index (χ3v) is 3.40. The van der Waals surface area contributed by atoms with Gasteiger partial charge in [-0.3, -0.25) is 0 Å². The molecule has 0 N–H and O–H groups in total. The Morgan fingerprint density at radius 3 is 2.00 bits per heavy atom. The first-order valence-electron chi connectivity index (χ1n) is 6.14. The van der Waals surface area contributed by atoms with E-state index in [4.69, 9.17) is 0 Å². The normalized spacial score (nSPS) is 15.6. The smallest absolute Gasteiger partial charge is 0.0292 e. The second-order valence-corrected chi connectivity index (χ2v) is 5.09. The van der Waals surface area contributed by atoms with E-state index in [2.05, 4.69) is 41.5 Å². The van der Waals surface area contributed by atoms with Gasteiger partial charge in [0.25, 0.3) is 0 Å². The fraction of sp³-hybridized carbons (Fsp3) is 0.857. The van der Waals surface area contributed by atoms with Crippen molar-refractivity contribution in [3.63, 3.8) is 0 Å². The minimum atomic E-state index is 0.809. The quantitative estimate of drug-likeness (QED) is 0.512. The topological polar surface area (TPSA) is 0 Å². The van der Waals surface area contributed by atoms with Crippen LogP contribution in [0.4, 0.5) is 0 Å². The first-order chi connectivity index (χ1) is 6.49. The Morgan fingerprint density at radius 2 is 1.57 bits per heavy atom. The van der Waals surface area contributed by atoms with Gasteiger partial charge in [-0.25, -0.2) is 0 Å². The zero-order valence-corrected chi connectivity index (χ0v) is 11.0. The average molecular weight is 196 g/mol. The molecular formula is C14H28. The number of rotatable bonds is 6. The van der Waals surface area contributed by atoms with Crippen LogP contribution in [0.3, 0.4) is 0 Å². The lowest BCUT2D eigenvalue weighted by Crippen LogP contribution is -2.04. The number of unbranched alkanes of at least 4 members (excludes halogenated alkanes) is 1. The van der Waals surface area contributed by atoms with Gasteiger partial charge in [-0.05, 0) is 44.9 Å². The maximum Gasteiger partial charge on any atom is -0.0292 e. The lowest BCUT2D eigenvalue weighted by atomic mass is 9.89. The van der Waals surface area contributed by atoms with E-state index in [1.807, 2.05) is 0 Å². The van der Waals surface area contributed by atoms with Crippen LogP contribution in [0.15, 0.2) is 11.1 Å². The summed E-state index contributed by atoms with van der Waals surface area (Å²) in [5.74, 6) is 1.63. The molecule has 0 amide bonds. The third-order valence-electron chi connectivity index (χ3n) is 3.40. The highest BCUT2D eigenvalue weighted by molar-refractivity contribution is 5.10. The molecule has 0 aromatic rings. The van der Waals surface area contributed by atoms with Gasteiger partial charge < -0.3 is 0 Å². The Bertz CT molecular complexity index is 174. The first-order valence-corrected chi connectivity index (χ1v) is 6.14.